The van der Waals surface area contributed by atoms with Gasteiger partial charge in [0.2, 0.25) is 0 Å². The van der Waals surface area contributed by atoms with E-state index in [1.807, 2.05) is 24.3 Å². The summed E-state index contributed by atoms with van der Waals surface area (Å²) >= 11 is 3.37. The molecule has 0 unspecified atom stereocenters. The van der Waals surface area contributed by atoms with Gasteiger partial charge in [-0.05, 0) is 17.7 Å². The lowest BCUT2D eigenvalue weighted by Gasteiger charge is -2.01. The molecule has 0 aliphatic heterocycles. The summed E-state index contributed by atoms with van der Waals surface area (Å²) in [5.41, 5.74) is 6.40. The first-order valence-corrected chi connectivity index (χ1v) is 5.10. The number of nitrogen functional groups attached to an aromatic ring is 1. The molecule has 1 heterocycles. The zero-order chi connectivity index (χ0) is 10.7. The minimum atomic E-state index is 0.0632. The van der Waals surface area contributed by atoms with Crippen molar-refractivity contribution in [2.24, 2.45) is 0 Å². The molecule has 0 bridgehead atoms. The predicted octanol–water partition coefficient (Wildman–Crippen LogP) is 2.03. The van der Waals surface area contributed by atoms with Crippen molar-refractivity contribution in [3.63, 3.8) is 0 Å². The highest BCUT2D eigenvalue weighted by Gasteiger charge is 2.01. The molecule has 1 aromatic carbocycles. The molecule has 0 amide bonds. The van der Waals surface area contributed by atoms with Gasteiger partial charge in [-0.15, -0.1) is 0 Å². The number of rotatable bonds is 3. The van der Waals surface area contributed by atoms with Gasteiger partial charge < -0.3 is 15.5 Å². The van der Waals surface area contributed by atoms with E-state index < -0.39 is 0 Å². The highest BCUT2D eigenvalue weighted by Crippen LogP contribution is 2.12. The first-order valence-electron chi connectivity index (χ1n) is 4.31. The van der Waals surface area contributed by atoms with Crippen molar-refractivity contribution in [3.8, 4) is 0 Å². The lowest BCUT2D eigenvalue weighted by molar-refractivity contribution is 0.586. The van der Waals surface area contributed by atoms with Crippen LogP contribution in [0, 0.1) is 0 Å². The molecule has 0 fully saturated rings. The zero-order valence-electron chi connectivity index (χ0n) is 7.77. The van der Waals surface area contributed by atoms with Gasteiger partial charge in [-0.2, -0.15) is 0 Å². The minimum Gasteiger partial charge on any atom is -0.390 e. The summed E-state index contributed by atoms with van der Waals surface area (Å²) < 4.78 is 6.01. The molecular formula is C9H9BrN4O. The Morgan fingerprint density at radius 3 is 2.60 bits per heavy atom. The summed E-state index contributed by atoms with van der Waals surface area (Å²) in [5.74, 6) is 0. The zero-order valence-corrected chi connectivity index (χ0v) is 9.36. The third-order valence-corrected chi connectivity index (χ3v) is 2.33. The SMILES string of the molecule is Nc1nnc(NCc2ccc(Br)cc2)o1. The molecule has 78 valence electrons. The Kier molecular flexibility index (Phi) is 2.86. The van der Waals surface area contributed by atoms with E-state index in [0.717, 1.165) is 10.0 Å². The normalized spacial score (nSPS) is 10.2. The summed E-state index contributed by atoms with van der Waals surface area (Å²) in [7, 11) is 0. The fourth-order valence-corrected chi connectivity index (χ4v) is 1.35. The summed E-state index contributed by atoms with van der Waals surface area (Å²) in [5, 5.41) is 10.2. The number of benzene rings is 1. The second-order valence-electron chi connectivity index (χ2n) is 2.93. The van der Waals surface area contributed by atoms with Crippen molar-refractivity contribution in [3.05, 3.63) is 34.3 Å². The smallest absolute Gasteiger partial charge is 0.317 e. The van der Waals surface area contributed by atoms with Crippen LogP contribution in [0.3, 0.4) is 0 Å². The van der Waals surface area contributed by atoms with Crippen LogP contribution < -0.4 is 11.1 Å². The van der Waals surface area contributed by atoms with Crippen LogP contribution in [0.5, 0.6) is 0 Å². The number of nitrogens with zero attached hydrogens (tertiary/aromatic N) is 2. The largest absolute Gasteiger partial charge is 0.390 e. The monoisotopic (exact) mass is 268 g/mol. The molecule has 6 heteroatoms. The fraction of sp³-hybridized carbons (Fsp3) is 0.111. The highest BCUT2D eigenvalue weighted by molar-refractivity contribution is 9.10. The molecule has 0 spiro atoms. The lowest BCUT2D eigenvalue weighted by atomic mass is 10.2. The number of nitrogens with one attached hydrogen (secondary N) is 1. The Morgan fingerprint density at radius 2 is 2.00 bits per heavy atom. The van der Waals surface area contributed by atoms with Crippen LogP contribution in [0.2, 0.25) is 0 Å². The van der Waals surface area contributed by atoms with Crippen LogP contribution in [0.15, 0.2) is 33.2 Å². The summed E-state index contributed by atoms with van der Waals surface area (Å²) in [4.78, 5) is 0. The van der Waals surface area contributed by atoms with Crippen molar-refractivity contribution in [2.75, 3.05) is 11.1 Å². The van der Waals surface area contributed by atoms with Gasteiger partial charge >= 0.3 is 12.0 Å². The van der Waals surface area contributed by atoms with Crippen LogP contribution in [-0.2, 0) is 6.54 Å². The number of halogens is 1. The third kappa shape index (κ3) is 2.69. The van der Waals surface area contributed by atoms with E-state index in [0.29, 0.717) is 12.6 Å². The molecule has 0 aliphatic carbocycles. The molecule has 0 saturated heterocycles. The van der Waals surface area contributed by atoms with Crippen molar-refractivity contribution in [2.45, 2.75) is 6.54 Å². The van der Waals surface area contributed by atoms with Gasteiger partial charge in [-0.3, -0.25) is 0 Å². The van der Waals surface area contributed by atoms with Crippen molar-refractivity contribution < 1.29 is 4.42 Å². The maximum Gasteiger partial charge on any atom is 0.317 e. The van der Waals surface area contributed by atoms with Gasteiger partial charge in [0, 0.05) is 11.0 Å². The molecule has 2 rings (SSSR count). The van der Waals surface area contributed by atoms with E-state index >= 15 is 0 Å². The Morgan fingerprint density at radius 1 is 1.27 bits per heavy atom. The second-order valence-corrected chi connectivity index (χ2v) is 3.84. The van der Waals surface area contributed by atoms with Crippen LogP contribution in [-0.4, -0.2) is 10.2 Å². The molecule has 0 aliphatic rings. The number of anilines is 2. The van der Waals surface area contributed by atoms with Crippen LogP contribution in [0.1, 0.15) is 5.56 Å². The van der Waals surface area contributed by atoms with E-state index in [1.165, 1.54) is 0 Å². The quantitative estimate of drug-likeness (QED) is 0.891. The fourth-order valence-electron chi connectivity index (χ4n) is 1.09. The second kappa shape index (κ2) is 4.31. The summed E-state index contributed by atoms with van der Waals surface area (Å²) in [6.45, 7) is 0.620. The molecule has 3 N–H and O–H groups in total. The summed E-state index contributed by atoms with van der Waals surface area (Å²) in [6, 6.07) is 8.33. The topological polar surface area (TPSA) is 77.0 Å². The Labute approximate surface area is 94.8 Å². The van der Waals surface area contributed by atoms with Crippen LogP contribution in [0.4, 0.5) is 12.0 Å². The van der Waals surface area contributed by atoms with E-state index in [1.54, 1.807) is 0 Å². The van der Waals surface area contributed by atoms with Crippen LogP contribution in [0.25, 0.3) is 0 Å². The van der Waals surface area contributed by atoms with Gasteiger partial charge in [0.25, 0.3) is 0 Å². The molecule has 0 atom stereocenters. The van der Waals surface area contributed by atoms with E-state index in [4.69, 9.17) is 10.2 Å². The van der Waals surface area contributed by atoms with E-state index in [-0.39, 0.29) is 6.01 Å². The Balaban J connectivity index is 1.96. The first kappa shape index (κ1) is 9.97. The molecule has 1 aromatic heterocycles. The first-order chi connectivity index (χ1) is 7.24. The number of hydrogen-bond donors (Lipinski definition) is 2. The van der Waals surface area contributed by atoms with Gasteiger partial charge in [-0.25, -0.2) is 0 Å². The maximum atomic E-state index is 5.28. The van der Waals surface area contributed by atoms with E-state index in [9.17, 15) is 0 Å². The molecule has 15 heavy (non-hydrogen) atoms. The van der Waals surface area contributed by atoms with Crippen molar-refractivity contribution in [1.82, 2.24) is 10.2 Å². The maximum absolute atomic E-state index is 5.28. The van der Waals surface area contributed by atoms with Crippen LogP contribution >= 0.6 is 15.9 Å². The highest BCUT2D eigenvalue weighted by atomic mass is 79.9. The number of hydrogen-bond acceptors (Lipinski definition) is 5. The van der Waals surface area contributed by atoms with Gasteiger partial charge in [-0.1, -0.05) is 38.3 Å². The number of nitrogens with two attached hydrogens (primary N) is 1. The van der Waals surface area contributed by atoms with Gasteiger partial charge in [0.15, 0.2) is 0 Å². The van der Waals surface area contributed by atoms with Crippen molar-refractivity contribution >= 4 is 28.0 Å². The summed E-state index contributed by atoms with van der Waals surface area (Å²) in [6.07, 6.45) is 0. The minimum absolute atomic E-state index is 0.0632. The molecule has 5 nitrogen and oxygen atoms in total. The molecule has 0 saturated carbocycles. The Bertz CT molecular complexity index is 440. The predicted molar refractivity (Wildman–Crippen MR) is 60.2 cm³/mol. The lowest BCUT2D eigenvalue weighted by Crippen LogP contribution is -1.99. The van der Waals surface area contributed by atoms with Gasteiger partial charge in [0.05, 0.1) is 0 Å². The van der Waals surface area contributed by atoms with E-state index in [2.05, 4.69) is 31.4 Å². The van der Waals surface area contributed by atoms with Gasteiger partial charge in [0.1, 0.15) is 0 Å². The third-order valence-electron chi connectivity index (χ3n) is 1.80. The standard InChI is InChI=1S/C9H9BrN4O/c10-7-3-1-6(2-4-7)5-12-9-14-13-8(11)15-9/h1-4H,5H2,(H2,11,13)(H,12,14). The Hall–Kier alpha value is -1.56. The average Bonchev–Trinajstić information content (AvgIpc) is 2.64. The average molecular weight is 269 g/mol. The molecule has 0 radical (unpaired) electrons. The number of aromatic nitrogens is 2. The molecular weight excluding hydrogens is 260 g/mol. The van der Waals surface area contributed by atoms with Crippen molar-refractivity contribution in [1.29, 1.82) is 0 Å². The molecule has 2 aromatic rings.